The Bertz CT molecular complexity index is 348. The first kappa shape index (κ1) is 10.4. The van der Waals surface area contributed by atoms with Crippen molar-refractivity contribution in [3.05, 3.63) is 29.9 Å². The summed E-state index contributed by atoms with van der Waals surface area (Å²) in [5, 5.41) is 8.42. The second-order valence-corrected chi connectivity index (χ2v) is 2.82. The van der Waals surface area contributed by atoms with E-state index in [0.29, 0.717) is 5.69 Å². The number of hydrogen-bond acceptors (Lipinski definition) is 3. The van der Waals surface area contributed by atoms with E-state index < -0.39 is 5.97 Å². The summed E-state index contributed by atoms with van der Waals surface area (Å²) in [5.41, 5.74) is 0.630. The van der Waals surface area contributed by atoms with Crippen LogP contribution in [0.2, 0.25) is 0 Å². The van der Waals surface area contributed by atoms with E-state index in [-0.39, 0.29) is 0 Å². The topological polar surface area (TPSA) is 63.1 Å². The Balaban J connectivity index is 2.77. The lowest BCUT2D eigenvalue weighted by molar-refractivity contribution is -0.131. The largest absolute Gasteiger partial charge is 0.478 e. The molecule has 0 radical (unpaired) electrons. The van der Waals surface area contributed by atoms with Crippen LogP contribution < -0.4 is 0 Å². The van der Waals surface area contributed by atoms with Gasteiger partial charge in [0, 0.05) is 18.7 Å². The summed E-state index contributed by atoms with van der Waals surface area (Å²) < 4.78 is 0. The van der Waals surface area contributed by atoms with Crippen molar-refractivity contribution < 1.29 is 9.90 Å². The fourth-order valence-corrected chi connectivity index (χ4v) is 1.01. The van der Waals surface area contributed by atoms with Crippen molar-refractivity contribution >= 4 is 12.0 Å². The monoisotopic (exact) mass is 192 g/mol. The summed E-state index contributed by atoms with van der Waals surface area (Å²) in [6.07, 6.45) is 5.96. The van der Waals surface area contributed by atoms with E-state index in [1.165, 1.54) is 6.08 Å². The van der Waals surface area contributed by atoms with Crippen LogP contribution in [-0.2, 0) is 11.2 Å². The molecule has 14 heavy (non-hydrogen) atoms. The summed E-state index contributed by atoms with van der Waals surface area (Å²) >= 11 is 0. The molecule has 0 aliphatic rings. The number of aromatic nitrogens is 2. The van der Waals surface area contributed by atoms with Crippen molar-refractivity contribution in [1.29, 1.82) is 0 Å². The molecule has 1 N–H and O–H groups in total. The van der Waals surface area contributed by atoms with Crippen molar-refractivity contribution in [1.82, 2.24) is 9.97 Å². The molecular formula is C10H12N2O2. The average Bonchev–Trinajstić information content (AvgIpc) is 2.16. The molecule has 0 fully saturated rings. The molecule has 0 atom stereocenters. The Kier molecular flexibility index (Phi) is 3.79. The van der Waals surface area contributed by atoms with Gasteiger partial charge in [-0.05, 0) is 18.6 Å². The first-order valence-corrected chi connectivity index (χ1v) is 4.45. The molecule has 4 heteroatoms. The van der Waals surface area contributed by atoms with E-state index >= 15 is 0 Å². The molecule has 0 aromatic carbocycles. The summed E-state index contributed by atoms with van der Waals surface area (Å²) in [7, 11) is 0. The fourth-order valence-electron chi connectivity index (χ4n) is 1.01. The average molecular weight is 192 g/mol. The minimum absolute atomic E-state index is 0.630. The third kappa shape index (κ3) is 3.35. The first-order valence-electron chi connectivity index (χ1n) is 4.45. The van der Waals surface area contributed by atoms with Gasteiger partial charge >= 0.3 is 5.97 Å². The van der Waals surface area contributed by atoms with Gasteiger partial charge in [0.05, 0.1) is 5.69 Å². The maximum absolute atomic E-state index is 10.3. The highest BCUT2D eigenvalue weighted by molar-refractivity contribution is 5.84. The van der Waals surface area contributed by atoms with E-state index in [4.69, 9.17) is 5.11 Å². The molecule has 0 unspecified atom stereocenters. The van der Waals surface area contributed by atoms with Crippen LogP contribution in [0.15, 0.2) is 18.3 Å². The molecule has 0 saturated heterocycles. The van der Waals surface area contributed by atoms with Crippen molar-refractivity contribution in [2.75, 3.05) is 0 Å². The molecule has 0 aliphatic carbocycles. The van der Waals surface area contributed by atoms with Crippen LogP contribution in [0.1, 0.15) is 24.9 Å². The molecule has 1 heterocycles. The van der Waals surface area contributed by atoms with Gasteiger partial charge in [0.2, 0.25) is 0 Å². The highest BCUT2D eigenvalue weighted by Crippen LogP contribution is 2.00. The zero-order valence-corrected chi connectivity index (χ0v) is 7.97. The second-order valence-electron chi connectivity index (χ2n) is 2.82. The fraction of sp³-hybridized carbons (Fsp3) is 0.300. The third-order valence-corrected chi connectivity index (χ3v) is 1.60. The Hall–Kier alpha value is -1.71. The third-order valence-electron chi connectivity index (χ3n) is 1.60. The molecule has 74 valence electrons. The number of nitrogens with zero attached hydrogens (tertiary/aromatic N) is 2. The van der Waals surface area contributed by atoms with Gasteiger partial charge in [0.25, 0.3) is 0 Å². The van der Waals surface area contributed by atoms with Gasteiger partial charge in [-0.3, -0.25) is 0 Å². The lowest BCUT2D eigenvalue weighted by Gasteiger charge is -1.97. The van der Waals surface area contributed by atoms with Gasteiger partial charge < -0.3 is 5.11 Å². The molecule has 1 rings (SSSR count). The van der Waals surface area contributed by atoms with E-state index in [1.54, 1.807) is 12.3 Å². The lowest BCUT2D eigenvalue weighted by Crippen LogP contribution is -1.95. The Morgan fingerprint density at radius 2 is 2.43 bits per heavy atom. The number of rotatable bonds is 4. The van der Waals surface area contributed by atoms with E-state index in [9.17, 15) is 4.79 Å². The van der Waals surface area contributed by atoms with Gasteiger partial charge in [0.15, 0.2) is 0 Å². The Labute approximate surface area is 82.3 Å². The quantitative estimate of drug-likeness (QED) is 0.735. The zero-order valence-electron chi connectivity index (χ0n) is 7.97. The van der Waals surface area contributed by atoms with Gasteiger partial charge in [-0.2, -0.15) is 0 Å². The lowest BCUT2D eigenvalue weighted by atomic mass is 10.3. The molecule has 0 aliphatic heterocycles. The van der Waals surface area contributed by atoms with Crippen LogP contribution in [-0.4, -0.2) is 21.0 Å². The second kappa shape index (κ2) is 5.11. The maximum Gasteiger partial charge on any atom is 0.328 e. The van der Waals surface area contributed by atoms with Crippen molar-refractivity contribution in [2.24, 2.45) is 0 Å². The summed E-state index contributed by atoms with van der Waals surface area (Å²) in [5.74, 6) is -0.222. The van der Waals surface area contributed by atoms with Gasteiger partial charge in [-0.1, -0.05) is 6.92 Å². The molecule has 0 spiro atoms. The number of aryl methyl sites for hydroxylation is 1. The summed E-state index contributed by atoms with van der Waals surface area (Å²) in [4.78, 5) is 18.5. The van der Waals surface area contributed by atoms with Crippen LogP contribution in [0.25, 0.3) is 6.08 Å². The first-order chi connectivity index (χ1) is 6.72. The van der Waals surface area contributed by atoms with Crippen LogP contribution in [0.5, 0.6) is 0 Å². The summed E-state index contributed by atoms with van der Waals surface area (Å²) in [6.45, 7) is 2.04. The molecule has 1 aromatic rings. The highest BCUT2D eigenvalue weighted by atomic mass is 16.4. The molecule has 0 amide bonds. The molecule has 4 nitrogen and oxygen atoms in total. The molecule has 0 bridgehead atoms. The van der Waals surface area contributed by atoms with Gasteiger partial charge in [0.1, 0.15) is 5.82 Å². The van der Waals surface area contributed by atoms with E-state index in [1.807, 2.05) is 6.92 Å². The van der Waals surface area contributed by atoms with Crippen molar-refractivity contribution in [3.8, 4) is 0 Å². The van der Waals surface area contributed by atoms with Gasteiger partial charge in [-0.25, -0.2) is 14.8 Å². The van der Waals surface area contributed by atoms with Crippen LogP contribution in [0.3, 0.4) is 0 Å². The highest BCUT2D eigenvalue weighted by Gasteiger charge is 1.95. The molecular weight excluding hydrogens is 180 g/mol. The predicted octanol–water partition coefficient (Wildman–Crippen LogP) is 1.53. The van der Waals surface area contributed by atoms with Crippen molar-refractivity contribution in [2.45, 2.75) is 19.8 Å². The number of hydrogen-bond donors (Lipinski definition) is 1. The van der Waals surface area contributed by atoms with Crippen molar-refractivity contribution in [3.63, 3.8) is 0 Å². The zero-order chi connectivity index (χ0) is 10.4. The number of aliphatic carboxylic acids is 1. The van der Waals surface area contributed by atoms with Gasteiger partial charge in [-0.15, -0.1) is 0 Å². The SMILES string of the molecule is CCCc1nccc(/C=C/C(=O)O)n1. The van der Waals surface area contributed by atoms with E-state index in [2.05, 4.69) is 9.97 Å². The van der Waals surface area contributed by atoms with Crippen LogP contribution >= 0.6 is 0 Å². The Morgan fingerprint density at radius 3 is 3.07 bits per heavy atom. The minimum atomic E-state index is -0.972. The number of carbonyl (C=O) groups is 1. The smallest absolute Gasteiger partial charge is 0.328 e. The predicted molar refractivity (Wildman–Crippen MR) is 52.7 cm³/mol. The van der Waals surface area contributed by atoms with Crippen LogP contribution in [0.4, 0.5) is 0 Å². The maximum atomic E-state index is 10.3. The van der Waals surface area contributed by atoms with E-state index in [0.717, 1.165) is 24.7 Å². The molecule has 1 aromatic heterocycles. The molecule has 0 saturated carbocycles. The standard InChI is InChI=1S/C10H12N2O2/c1-2-3-9-11-7-6-8(12-9)4-5-10(13)14/h4-7H,2-3H2,1H3,(H,13,14)/b5-4+. The minimum Gasteiger partial charge on any atom is -0.478 e. The number of carboxylic acids is 1. The van der Waals surface area contributed by atoms with Crippen LogP contribution in [0, 0.1) is 0 Å². The summed E-state index contributed by atoms with van der Waals surface area (Å²) in [6, 6.07) is 1.68. The Morgan fingerprint density at radius 1 is 1.64 bits per heavy atom. The number of carboxylic acid groups (broad SMARTS) is 1. The normalized spacial score (nSPS) is 10.6.